The van der Waals surface area contributed by atoms with E-state index in [-0.39, 0.29) is 18.4 Å². The van der Waals surface area contributed by atoms with Gasteiger partial charge in [-0.2, -0.15) is 0 Å². The van der Waals surface area contributed by atoms with Crippen molar-refractivity contribution in [1.82, 2.24) is 14.6 Å². The van der Waals surface area contributed by atoms with Gasteiger partial charge in [-0.15, -0.1) is 10.2 Å². The van der Waals surface area contributed by atoms with Gasteiger partial charge >= 0.3 is 0 Å². The van der Waals surface area contributed by atoms with E-state index >= 15 is 0 Å². The zero-order valence-electron chi connectivity index (χ0n) is 15.7. The summed E-state index contributed by atoms with van der Waals surface area (Å²) in [4.78, 5) is 12.6. The maximum atomic E-state index is 12.6. The summed E-state index contributed by atoms with van der Waals surface area (Å²) < 4.78 is 7.80. The molecule has 0 radical (unpaired) electrons. The molecule has 140 valence electrons. The van der Waals surface area contributed by atoms with Gasteiger partial charge in [0, 0.05) is 17.7 Å². The minimum Gasteiger partial charge on any atom is -0.491 e. The number of pyridine rings is 1. The van der Waals surface area contributed by atoms with Gasteiger partial charge < -0.3 is 10.1 Å². The van der Waals surface area contributed by atoms with Crippen molar-refractivity contribution in [2.75, 3.05) is 5.32 Å². The number of nitrogens with one attached hydrogen (secondary N) is 1. The number of nitrogens with zero attached hydrogens (tertiary/aromatic N) is 3. The van der Waals surface area contributed by atoms with Crippen LogP contribution in [0, 0.1) is 0 Å². The Morgan fingerprint density at radius 2 is 2.04 bits per heavy atom. The highest BCUT2D eigenvalue weighted by Gasteiger charge is 2.24. The van der Waals surface area contributed by atoms with Crippen LogP contribution in [0.2, 0.25) is 0 Å². The first kappa shape index (κ1) is 17.5. The fourth-order valence-electron chi connectivity index (χ4n) is 3.32. The first-order valence-electron chi connectivity index (χ1n) is 9.49. The number of para-hydroxylation sites is 1. The van der Waals surface area contributed by atoms with E-state index in [4.69, 9.17) is 4.74 Å². The molecule has 1 aliphatic rings. The zero-order chi connectivity index (χ0) is 18.8. The highest BCUT2D eigenvalue weighted by Crippen LogP contribution is 2.35. The van der Waals surface area contributed by atoms with Crippen molar-refractivity contribution in [3.63, 3.8) is 0 Å². The van der Waals surface area contributed by atoms with Crippen molar-refractivity contribution in [3.05, 3.63) is 54.0 Å². The third kappa shape index (κ3) is 3.79. The molecule has 0 atom stereocenters. The molecule has 0 spiro atoms. The maximum Gasteiger partial charge on any atom is 0.228 e. The monoisotopic (exact) mass is 364 g/mol. The second-order valence-electron chi connectivity index (χ2n) is 7.33. The Morgan fingerprint density at radius 3 is 2.78 bits per heavy atom. The van der Waals surface area contributed by atoms with Gasteiger partial charge in [-0.05, 0) is 44.9 Å². The summed E-state index contributed by atoms with van der Waals surface area (Å²) in [6.07, 6.45) is 5.80. The van der Waals surface area contributed by atoms with Crippen molar-refractivity contribution < 1.29 is 9.53 Å². The number of carbonyl (C=O) groups is 1. The maximum absolute atomic E-state index is 12.6. The van der Waals surface area contributed by atoms with Gasteiger partial charge in [0.25, 0.3) is 0 Å². The van der Waals surface area contributed by atoms with Crippen LogP contribution in [0.5, 0.6) is 5.75 Å². The molecule has 6 nitrogen and oxygen atoms in total. The fourth-order valence-corrected chi connectivity index (χ4v) is 3.32. The molecule has 2 aromatic heterocycles. The average Bonchev–Trinajstić information content (AvgIpc) is 2.98. The Bertz CT molecular complexity index is 960. The van der Waals surface area contributed by atoms with Crippen molar-refractivity contribution in [2.45, 2.75) is 51.6 Å². The summed E-state index contributed by atoms with van der Waals surface area (Å²) in [6, 6.07) is 11.4. The Labute approximate surface area is 158 Å². The number of carbonyl (C=O) groups excluding carboxylic acids is 1. The van der Waals surface area contributed by atoms with E-state index in [0.29, 0.717) is 5.92 Å². The third-order valence-electron chi connectivity index (χ3n) is 4.87. The molecule has 0 bridgehead atoms. The summed E-state index contributed by atoms with van der Waals surface area (Å²) in [5.41, 5.74) is 2.44. The quantitative estimate of drug-likeness (QED) is 0.719. The van der Waals surface area contributed by atoms with Crippen LogP contribution < -0.4 is 10.1 Å². The van der Waals surface area contributed by atoms with Crippen LogP contribution in [0.3, 0.4) is 0 Å². The minimum absolute atomic E-state index is 0.0651. The predicted molar refractivity (Wildman–Crippen MR) is 104 cm³/mol. The van der Waals surface area contributed by atoms with E-state index in [0.717, 1.165) is 41.3 Å². The van der Waals surface area contributed by atoms with Gasteiger partial charge in [-0.1, -0.05) is 24.6 Å². The first-order chi connectivity index (χ1) is 13.1. The van der Waals surface area contributed by atoms with Crippen molar-refractivity contribution >= 4 is 17.2 Å². The van der Waals surface area contributed by atoms with Gasteiger partial charge in [0.15, 0.2) is 5.65 Å². The summed E-state index contributed by atoms with van der Waals surface area (Å²) in [5, 5.41) is 11.5. The standard InChI is InChI=1S/C21H24N4O2/c1-14(2)27-18-9-4-3-6-16(18)12-20(26)22-17-10-11-19-23-24-21(25(19)13-17)15-7-5-8-15/h3-4,6,9-11,13-15H,5,7-8,12H2,1-2H3,(H,22,26). The normalized spacial score (nSPS) is 14.3. The molecule has 1 N–H and O–H groups in total. The molecule has 1 amide bonds. The summed E-state index contributed by atoms with van der Waals surface area (Å²) >= 11 is 0. The lowest BCUT2D eigenvalue weighted by Crippen LogP contribution is -2.17. The number of hydrogen-bond acceptors (Lipinski definition) is 4. The number of benzene rings is 1. The predicted octanol–water partition coefficient (Wildman–Crippen LogP) is 3.97. The van der Waals surface area contributed by atoms with Gasteiger partial charge in [-0.25, -0.2) is 0 Å². The summed E-state index contributed by atoms with van der Waals surface area (Å²) in [5.74, 6) is 2.14. The highest BCUT2D eigenvalue weighted by atomic mass is 16.5. The van der Waals surface area contributed by atoms with Crippen LogP contribution >= 0.6 is 0 Å². The van der Waals surface area contributed by atoms with Gasteiger partial charge in [-0.3, -0.25) is 9.20 Å². The number of anilines is 1. The minimum atomic E-state index is -0.0765. The Balaban J connectivity index is 1.50. The van der Waals surface area contributed by atoms with Gasteiger partial charge in [0.1, 0.15) is 11.6 Å². The Hall–Kier alpha value is -2.89. The number of ether oxygens (including phenoxy) is 1. The molecule has 0 unspecified atom stereocenters. The lowest BCUT2D eigenvalue weighted by molar-refractivity contribution is -0.115. The molecule has 1 aromatic carbocycles. The van der Waals surface area contributed by atoms with E-state index < -0.39 is 0 Å². The molecule has 27 heavy (non-hydrogen) atoms. The van der Waals surface area contributed by atoms with Crippen molar-refractivity contribution in [2.24, 2.45) is 0 Å². The zero-order valence-corrected chi connectivity index (χ0v) is 15.7. The van der Waals surface area contributed by atoms with E-state index in [2.05, 4.69) is 15.5 Å². The fraction of sp³-hybridized carbons (Fsp3) is 0.381. The Kier molecular flexibility index (Phi) is 4.79. The van der Waals surface area contributed by atoms with Crippen molar-refractivity contribution in [1.29, 1.82) is 0 Å². The van der Waals surface area contributed by atoms with E-state index in [1.165, 1.54) is 6.42 Å². The number of aromatic nitrogens is 3. The molecule has 4 rings (SSSR count). The molecule has 1 aliphatic carbocycles. The first-order valence-corrected chi connectivity index (χ1v) is 9.49. The molecule has 3 aromatic rings. The average molecular weight is 364 g/mol. The van der Waals surface area contributed by atoms with Crippen LogP contribution in [0.4, 0.5) is 5.69 Å². The lowest BCUT2D eigenvalue weighted by atomic mass is 9.85. The third-order valence-corrected chi connectivity index (χ3v) is 4.87. The second kappa shape index (κ2) is 7.39. The summed E-state index contributed by atoms with van der Waals surface area (Å²) in [7, 11) is 0. The topological polar surface area (TPSA) is 68.5 Å². The lowest BCUT2D eigenvalue weighted by Gasteiger charge is -2.23. The highest BCUT2D eigenvalue weighted by molar-refractivity contribution is 5.92. The molecule has 1 saturated carbocycles. The number of fused-ring (bicyclic) bond motifs is 1. The molecule has 2 heterocycles. The van der Waals surface area contributed by atoms with E-state index in [1.54, 1.807) is 0 Å². The van der Waals surface area contributed by atoms with Crippen LogP contribution in [0.15, 0.2) is 42.6 Å². The van der Waals surface area contributed by atoms with Crippen molar-refractivity contribution in [3.8, 4) is 5.75 Å². The molecular weight excluding hydrogens is 340 g/mol. The molecule has 0 aliphatic heterocycles. The molecule has 6 heteroatoms. The van der Waals surface area contributed by atoms with E-state index in [9.17, 15) is 4.79 Å². The number of rotatable bonds is 6. The van der Waals surface area contributed by atoms with Gasteiger partial charge in [0.2, 0.25) is 5.91 Å². The number of amides is 1. The molecule has 1 fully saturated rings. The Morgan fingerprint density at radius 1 is 1.22 bits per heavy atom. The van der Waals surface area contributed by atoms with Crippen LogP contribution in [0.1, 0.15) is 50.4 Å². The second-order valence-corrected chi connectivity index (χ2v) is 7.33. The largest absolute Gasteiger partial charge is 0.491 e. The smallest absolute Gasteiger partial charge is 0.228 e. The number of hydrogen-bond donors (Lipinski definition) is 1. The van der Waals surface area contributed by atoms with Crippen LogP contribution in [0.25, 0.3) is 5.65 Å². The van der Waals surface area contributed by atoms with E-state index in [1.807, 2.05) is 60.8 Å². The summed E-state index contributed by atoms with van der Waals surface area (Å²) in [6.45, 7) is 3.95. The SMILES string of the molecule is CC(C)Oc1ccccc1CC(=O)Nc1ccc2nnc(C3CCC3)n2c1. The van der Waals surface area contributed by atoms with Crippen LogP contribution in [-0.2, 0) is 11.2 Å². The van der Waals surface area contributed by atoms with Crippen LogP contribution in [-0.4, -0.2) is 26.6 Å². The van der Waals surface area contributed by atoms with Gasteiger partial charge in [0.05, 0.1) is 18.2 Å². The molecular formula is C21H24N4O2. The molecule has 0 saturated heterocycles.